The van der Waals surface area contributed by atoms with Crippen LogP contribution in [0.5, 0.6) is 23.0 Å². The van der Waals surface area contributed by atoms with E-state index in [1.165, 1.54) is 0 Å². The van der Waals surface area contributed by atoms with E-state index in [1.54, 1.807) is 50.6 Å². The SMILES string of the molecule is CCCCOc1ccc(OC)cc1NC(=O)c1ccc(OC(C)C)c(OC)c1. The molecule has 0 aromatic heterocycles. The second-order valence-corrected chi connectivity index (χ2v) is 6.55. The van der Waals surface area contributed by atoms with E-state index in [2.05, 4.69) is 12.2 Å². The van der Waals surface area contributed by atoms with Gasteiger partial charge in [-0.3, -0.25) is 4.79 Å². The number of benzene rings is 2. The number of hydrogen-bond acceptors (Lipinski definition) is 5. The van der Waals surface area contributed by atoms with Gasteiger partial charge in [-0.1, -0.05) is 13.3 Å². The van der Waals surface area contributed by atoms with Crippen LogP contribution >= 0.6 is 0 Å². The summed E-state index contributed by atoms with van der Waals surface area (Å²) in [5, 5.41) is 2.90. The highest BCUT2D eigenvalue weighted by molar-refractivity contribution is 6.05. The van der Waals surface area contributed by atoms with E-state index in [-0.39, 0.29) is 12.0 Å². The van der Waals surface area contributed by atoms with Crippen molar-refractivity contribution in [3.8, 4) is 23.0 Å². The Morgan fingerprint density at radius 3 is 2.39 bits per heavy atom. The Labute approximate surface area is 166 Å². The Hall–Kier alpha value is -2.89. The molecule has 2 rings (SSSR count). The molecule has 152 valence electrons. The van der Waals surface area contributed by atoms with Gasteiger partial charge in [-0.05, 0) is 50.6 Å². The zero-order valence-electron chi connectivity index (χ0n) is 17.2. The van der Waals surface area contributed by atoms with Crippen molar-refractivity contribution in [2.24, 2.45) is 0 Å². The molecule has 0 fully saturated rings. The van der Waals surface area contributed by atoms with Crippen molar-refractivity contribution in [1.82, 2.24) is 0 Å². The van der Waals surface area contributed by atoms with Crippen LogP contribution in [0.1, 0.15) is 44.0 Å². The molecule has 0 radical (unpaired) electrons. The molecule has 0 aliphatic rings. The molecule has 0 bridgehead atoms. The summed E-state index contributed by atoms with van der Waals surface area (Å²) in [4.78, 5) is 12.8. The molecule has 0 spiro atoms. The van der Waals surface area contributed by atoms with E-state index in [0.29, 0.717) is 40.9 Å². The molecule has 1 N–H and O–H groups in total. The quantitative estimate of drug-likeness (QED) is 0.586. The third-order valence-electron chi connectivity index (χ3n) is 3.98. The van der Waals surface area contributed by atoms with E-state index >= 15 is 0 Å². The van der Waals surface area contributed by atoms with E-state index < -0.39 is 0 Å². The second-order valence-electron chi connectivity index (χ2n) is 6.55. The molecule has 28 heavy (non-hydrogen) atoms. The first-order valence-electron chi connectivity index (χ1n) is 9.45. The summed E-state index contributed by atoms with van der Waals surface area (Å²) in [6.07, 6.45) is 1.98. The van der Waals surface area contributed by atoms with Gasteiger partial charge in [0.15, 0.2) is 11.5 Å². The molecule has 0 saturated heterocycles. The van der Waals surface area contributed by atoms with Crippen molar-refractivity contribution in [1.29, 1.82) is 0 Å². The molecule has 0 heterocycles. The molecular weight excluding hydrogens is 358 g/mol. The average molecular weight is 387 g/mol. The lowest BCUT2D eigenvalue weighted by Crippen LogP contribution is -2.14. The first-order valence-corrected chi connectivity index (χ1v) is 9.45. The van der Waals surface area contributed by atoms with Crippen molar-refractivity contribution >= 4 is 11.6 Å². The third-order valence-corrected chi connectivity index (χ3v) is 3.98. The van der Waals surface area contributed by atoms with Crippen LogP contribution in [0, 0.1) is 0 Å². The van der Waals surface area contributed by atoms with Crippen LogP contribution in [-0.2, 0) is 0 Å². The molecule has 0 unspecified atom stereocenters. The number of unbranched alkanes of at least 4 members (excludes halogenated alkanes) is 1. The third kappa shape index (κ3) is 5.81. The van der Waals surface area contributed by atoms with Gasteiger partial charge in [0, 0.05) is 11.6 Å². The number of hydrogen-bond donors (Lipinski definition) is 1. The summed E-state index contributed by atoms with van der Waals surface area (Å²) in [7, 11) is 3.13. The molecule has 0 atom stereocenters. The molecular formula is C22H29NO5. The van der Waals surface area contributed by atoms with Gasteiger partial charge in [-0.2, -0.15) is 0 Å². The minimum Gasteiger partial charge on any atom is -0.497 e. The fraction of sp³-hybridized carbons (Fsp3) is 0.409. The zero-order chi connectivity index (χ0) is 20.5. The van der Waals surface area contributed by atoms with Crippen molar-refractivity contribution in [2.45, 2.75) is 39.7 Å². The Morgan fingerprint density at radius 2 is 1.75 bits per heavy atom. The number of nitrogens with one attached hydrogen (secondary N) is 1. The summed E-state index contributed by atoms with van der Waals surface area (Å²) in [6.45, 7) is 6.55. The maximum Gasteiger partial charge on any atom is 0.255 e. The predicted octanol–water partition coefficient (Wildman–Crippen LogP) is 4.92. The normalized spacial score (nSPS) is 10.5. The van der Waals surface area contributed by atoms with Gasteiger partial charge in [0.25, 0.3) is 5.91 Å². The molecule has 2 aromatic carbocycles. The molecule has 0 saturated carbocycles. The lowest BCUT2D eigenvalue weighted by molar-refractivity contribution is 0.102. The Kier molecular flexibility index (Phi) is 7.99. The summed E-state index contributed by atoms with van der Waals surface area (Å²) < 4.78 is 22.1. The number of carbonyl (C=O) groups excluding carboxylic acids is 1. The smallest absolute Gasteiger partial charge is 0.255 e. The lowest BCUT2D eigenvalue weighted by Gasteiger charge is -2.16. The molecule has 6 nitrogen and oxygen atoms in total. The minimum absolute atomic E-state index is 0.00758. The summed E-state index contributed by atoms with van der Waals surface area (Å²) in [6, 6.07) is 10.4. The van der Waals surface area contributed by atoms with Crippen LogP contribution in [0.25, 0.3) is 0 Å². The summed E-state index contributed by atoms with van der Waals surface area (Å²) >= 11 is 0. The molecule has 0 aliphatic carbocycles. The number of ether oxygens (including phenoxy) is 4. The van der Waals surface area contributed by atoms with Gasteiger partial charge in [-0.15, -0.1) is 0 Å². The fourth-order valence-corrected chi connectivity index (χ4v) is 2.54. The highest BCUT2D eigenvalue weighted by Crippen LogP contribution is 2.32. The summed E-state index contributed by atoms with van der Waals surface area (Å²) in [5.41, 5.74) is 1.01. The first-order chi connectivity index (χ1) is 13.5. The van der Waals surface area contributed by atoms with E-state index in [1.807, 2.05) is 13.8 Å². The average Bonchev–Trinajstić information content (AvgIpc) is 2.68. The largest absolute Gasteiger partial charge is 0.497 e. The van der Waals surface area contributed by atoms with Crippen LogP contribution in [0.2, 0.25) is 0 Å². The van der Waals surface area contributed by atoms with Crippen LogP contribution in [-0.4, -0.2) is 32.8 Å². The molecule has 0 aliphatic heterocycles. The molecule has 2 aromatic rings. The van der Waals surface area contributed by atoms with Gasteiger partial charge < -0.3 is 24.3 Å². The van der Waals surface area contributed by atoms with E-state index in [0.717, 1.165) is 12.8 Å². The number of rotatable bonds is 10. The van der Waals surface area contributed by atoms with Gasteiger partial charge in [-0.25, -0.2) is 0 Å². The van der Waals surface area contributed by atoms with Crippen molar-refractivity contribution in [2.75, 3.05) is 26.1 Å². The number of amides is 1. The Bertz CT molecular complexity index is 788. The van der Waals surface area contributed by atoms with Gasteiger partial charge in [0.1, 0.15) is 11.5 Å². The maximum atomic E-state index is 12.8. The maximum absolute atomic E-state index is 12.8. The molecule has 6 heteroatoms. The van der Waals surface area contributed by atoms with Crippen LogP contribution in [0.3, 0.4) is 0 Å². The van der Waals surface area contributed by atoms with E-state index in [4.69, 9.17) is 18.9 Å². The highest BCUT2D eigenvalue weighted by atomic mass is 16.5. The topological polar surface area (TPSA) is 66.0 Å². The number of methoxy groups -OCH3 is 2. The zero-order valence-corrected chi connectivity index (χ0v) is 17.2. The van der Waals surface area contributed by atoms with Crippen molar-refractivity contribution in [3.05, 3.63) is 42.0 Å². The number of anilines is 1. The van der Waals surface area contributed by atoms with Gasteiger partial charge >= 0.3 is 0 Å². The second kappa shape index (κ2) is 10.4. The van der Waals surface area contributed by atoms with Crippen LogP contribution < -0.4 is 24.3 Å². The Balaban J connectivity index is 2.23. The highest BCUT2D eigenvalue weighted by Gasteiger charge is 2.15. The van der Waals surface area contributed by atoms with Crippen LogP contribution in [0.4, 0.5) is 5.69 Å². The van der Waals surface area contributed by atoms with Crippen LogP contribution in [0.15, 0.2) is 36.4 Å². The molecule has 1 amide bonds. The standard InChI is InChI=1S/C22H29NO5/c1-6-7-12-27-19-11-9-17(25-4)14-18(19)23-22(24)16-8-10-20(28-15(2)3)21(13-16)26-5/h8-11,13-15H,6-7,12H2,1-5H3,(H,23,24). The van der Waals surface area contributed by atoms with Crippen molar-refractivity contribution < 1.29 is 23.7 Å². The van der Waals surface area contributed by atoms with E-state index in [9.17, 15) is 4.79 Å². The number of carbonyl (C=O) groups is 1. The van der Waals surface area contributed by atoms with Crippen molar-refractivity contribution in [3.63, 3.8) is 0 Å². The predicted molar refractivity (Wildman–Crippen MR) is 110 cm³/mol. The van der Waals surface area contributed by atoms with Gasteiger partial charge in [0.2, 0.25) is 0 Å². The minimum atomic E-state index is -0.275. The Morgan fingerprint density at radius 1 is 1.00 bits per heavy atom. The summed E-state index contributed by atoms with van der Waals surface area (Å²) in [5.74, 6) is 2.07. The van der Waals surface area contributed by atoms with Gasteiger partial charge in [0.05, 0.1) is 32.6 Å². The first kappa shape index (κ1) is 21.4. The lowest BCUT2D eigenvalue weighted by atomic mass is 10.1. The fourth-order valence-electron chi connectivity index (χ4n) is 2.54. The monoisotopic (exact) mass is 387 g/mol.